The summed E-state index contributed by atoms with van der Waals surface area (Å²) in [6, 6.07) is -0.642. The van der Waals surface area contributed by atoms with Crippen molar-refractivity contribution in [1.82, 2.24) is 24.7 Å². The Labute approximate surface area is 143 Å². The Morgan fingerprint density at radius 3 is 2.54 bits per heavy atom. The molecule has 3 atom stereocenters. The standard InChI is InChI=1S/C15H27N5O3S/c1-9-12(4)20(8-7-16-9)15(21)11(3)18-24(22,23)14-10(2)17-19(6)13(14)5/h9,11-12,16,18H,7-8H2,1-6H3. The van der Waals surface area contributed by atoms with Crippen molar-refractivity contribution in [3.8, 4) is 0 Å². The summed E-state index contributed by atoms with van der Waals surface area (Å²) in [5.74, 6) is -0.210. The average Bonchev–Trinajstić information content (AvgIpc) is 2.74. The molecule has 9 heteroatoms. The van der Waals surface area contributed by atoms with E-state index in [1.165, 1.54) is 4.68 Å². The molecule has 2 N–H and O–H groups in total. The van der Waals surface area contributed by atoms with E-state index in [2.05, 4.69) is 15.1 Å². The molecule has 8 nitrogen and oxygen atoms in total. The topological polar surface area (TPSA) is 96.3 Å². The second-order valence-corrected chi connectivity index (χ2v) is 8.13. The van der Waals surface area contributed by atoms with E-state index < -0.39 is 16.1 Å². The van der Waals surface area contributed by atoms with E-state index in [4.69, 9.17) is 0 Å². The molecule has 0 bridgehead atoms. The van der Waals surface area contributed by atoms with Gasteiger partial charge >= 0.3 is 0 Å². The number of piperazine rings is 1. The van der Waals surface area contributed by atoms with Crippen LogP contribution in [-0.2, 0) is 21.9 Å². The summed E-state index contributed by atoms with van der Waals surface area (Å²) in [7, 11) is -2.12. The van der Waals surface area contributed by atoms with Gasteiger partial charge in [-0.3, -0.25) is 9.48 Å². The summed E-state index contributed by atoms with van der Waals surface area (Å²) < 4.78 is 29.4. The van der Waals surface area contributed by atoms with E-state index in [9.17, 15) is 13.2 Å². The van der Waals surface area contributed by atoms with Gasteiger partial charge < -0.3 is 10.2 Å². The lowest BCUT2D eigenvalue weighted by Gasteiger charge is -2.39. The van der Waals surface area contributed by atoms with Crippen molar-refractivity contribution < 1.29 is 13.2 Å². The van der Waals surface area contributed by atoms with E-state index in [1.807, 2.05) is 13.8 Å². The summed E-state index contributed by atoms with van der Waals surface area (Å²) in [6.45, 7) is 10.2. The van der Waals surface area contributed by atoms with Crippen LogP contribution in [0.25, 0.3) is 0 Å². The molecular weight excluding hydrogens is 330 g/mol. The minimum atomic E-state index is -3.81. The summed E-state index contributed by atoms with van der Waals surface area (Å²) in [5.41, 5.74) is 0.968. The Balaban J connectivity index is 2.18. The van der Waals surface area contributed by atoms with Gasteiger partial charge in [0.05, 0.1) is 17.4 Å². The summed E-state index contributed by atoms with van der Waals surface area (Å²) >= 11 is 0. The van der Waals surface area contributed by atoms with Crippen LogP contribution in [-0.4, -0.2) is 60.2 Å². The monoisotopic (exact) mass is 357 g/mol. The maximum Gasteiger partial charge on any atom is 0.244 e. The second kappa shape index (κ2) is 6.81. The third kappa shape index (κ3) is 3.47. The lowest BCUT2D eigenvalue weighted by Crippen LogP contribution is -2.60. The van der Waals surface area contributed by atoms with Crippen molar-refractivity contribution in [2.45, 2.75) is 57.6 Å². The molecule has 0 radical (unpaired) electrons. The summed E-state index contributed by atoms with van der Waals surface area (Å²) in [4.78, 5) is 14.6. The fourth-order valence-corrected chi connectivity index (χ4v) is 4.74. The highest BCUT2D eigenvalue weighted by Crippen LogP contribution is 2.19. The third-order valence-corrected chi connectivity index (χ3v) is 6.52. The number of carbonyl (C=O) groups excluding carboxylic acids is 1. The SMILES string of the molecule is Cc1nn(C)c(C)c1S(=O)(=O)NC(C)C(=O)N1CCNC(C)C1C. The Morgan fingerprint density at radius 1 is 1.38 bits per heavy atom. The zero-order chi connectivity index (χ0) is 18.2. The van der Waals surface area contributed by atoms with E-state index in [-0.39, 0.29) is 22.9 Å². The van der Waals surface area contributed by atoms with Gasteiger partial charge in [-0.15, -0.1) is 0 Å². The summed E-state index contributed by atoms with van der Waals surface area (Å²) in [5, 5.41) is 7.44. The van der Waals surface area contributed by atoms with Gasteiger partial charge in [-0.2, -0.15) is 9.82 Å². The van der Waals surface area contributed by atoms with E-state index in [0.717, 1.165) is 0 Å². The first-order chi connectivity index (χ1) is 11.1. The van der Waals surface area contributed by atoms with Gasteiger partial charge in [0.15, 0.2) is 0 Å². The molecular formula is C15H27N5O3S. The normalized spacial score (nSPS) is 23.3. The van der Waals surface area contributed by atoms with E-state index in [1.54, 1.807) is 32.7 Å². The molecule has 1 saturated heterocycles. The molecule has 2 heterocycles. The molecule has 0 spiro atoms. The first-order valence-corrected chi connectivity index (χ1v) is 9.61. The predicted molar refractivity (Wildman–Crippen MR) is 91.1 cm³/mol. The van der Waals surface area contributed by atoms with Crippen LogP contribution in [0.3, 0.4) is 0 Å². The number of carbonyl (C=O) groups is 1. The Morgan fingerprint density at radius 2 is 2.00 bits per heavy atom. The van der Waals surface area contributed by atoms with Crippen molar-refractivity contribution in [1.29, 1.82) is 0 Å². The maximum atomic E-state index is 12.7. The van der Waals surface area contributed by atoms with Crippen LogP contribution in [0.2, 0.25) is 0 Å². The van der Waals surface area contributed by atoms with Gasteiger partial charge in [0.1, 0.15) is 4.90 Å². The predicted octanol–water partition coefficient (Wildman–Crippen LogP) is -0.0875. The zero-order valence-corrected chi connectivity index (χ0v) is 15.9. The van der Waals surface area contributed by atoms with Gasteiger partial charge in [-0.1, -0.05) is 0 Å². The molecule has 1 aromatic heterocycles. The number of rotatable bonds is 4. The van der Waals surface area contributed by atoms with Gasteiger partial charge in [0, 0.05) is 32.2 Å². The number of hydrogen-bond donors (Lipinski definition) is 2. The Kier molecular flexibility index (Phi) is 5.36. The molecule has 1 amide bonds. The molecule has 1 aromatic rings. The van der Waals surface area contributed by atoms with E-state index in [0.29, 0.717) is 24.5 Å². The average molecular weight is 357 g/mol. The van der Waals surface area contributed by atoms with Crippen LogP contribution in [0.5, 0.6) is 0 Å². The quantitative estimate of drug-likeness (QED) is 0.785. The fourth-order valence-electron chi connectivity index (χ4n) is 3.10. The van der Waals surface area contributed by atoms with Gasteiger partial charge in [-0.25, -0.2) is 8.42 Å². The number of hydrogen-bond acceptors (Lipinski definition) is 5. The van der Waals surface area contributed by atoms with Crippen molar-refractivity contribution >= 4 is 15.9 Å². The molecule has 0 aromatic carbocycles. The van der Waals surface area contributed by atoms with Crippen LogP contribution < -0.4 is 10.0 Å². The van der Waals surface area contributed by atoms with Crippen molar-refractivity contribution in [2.24, 2.45) is 7.05 Å². The van der Waals surface area contributed by atoms with Crippen LogP contribution >= 0.6 is 0 Å². The number of nitrogens with zero attached hydrogens (tertiary/aromatic N) is 3. The molecule has 0 aliphatic carbocycles. The molecule has 3 unspecified atom stereocenters. The molecule has 1 fully saturated rings. The number of sulfonamides is 1. The minimum absolute atomic E-state index is 0.0140. The number of nitrogens with one attached hydrogen (secondary N) is 2. The Bertz CT molecular complexity index is 728. The van der Waals surface area contributed by atoms with Gasteiger partial charge in [0.2, 0.25) is 15.9 Å². The highest BCUT2D eigenvalue weighted by molar-refractivity contribution is 7.89. The maximum absolute atomic E-state index is 12.7. The number of aryl methyl sites for hydroxylation is 2. The van der Waals surface area contributed by atoms with Crippen molar-refractivity contribution in [3.63, 3.8) is 0 Å². The van der Waals surface area contributed by atoms with Crippen LogP contribution in [0.1, 0.15) is 32.2 Å². The highest BCUT2D eigenvalue weighted by Gasteiger charge is 2.33. The third-order valence-electron chi connectivity index (χ3n) is 4.73. The van der Waals surface area contributed by atoms with Crippen molar-refractivity contribution in [3.05, 3.63) is 11.4 Å². The summed E-state index contributed by atoms with van der Waals surface area (Å²) in [6.07, 6.45) is 0. The molecule has 136 valence electrons. The van der Waals surface area contributed by atoms with Gasteiger partial charge in [0.25, 0.3) is 0 Å². The molecule has 24 heavy (non-hydrogen) atoms. The van der Waals surface area contributed by atoms with Crippen LogP contribution in [0, 0.1) is 13.8 Å². The first-order valence-electron chi connectivity index (χ1n) is 8.12. The lowest BCUT2D eigenvalue weighted by molar-refractivity contribution is -0.136. The minimum Gasteiger partial charge on any atom is -0.336 e. The number of aromatic nitrogens is 2. The largest absolute Gasteiger partial charge is 0.336 e. The van der Waals surface area contributed by atoms with Crippen LogP contribution in [0.4, 0.5) is 0 Å². The molecule has 1 aliphatic heterocycles. The second-order valence-electron chi connectivity index (χ2n) is 6.48. The zero-order valence-electron chi connectivity index (χ0n) is 15.1. The Hall–Kier alpha value is -1.45. The van der Waals surface area contributed by atoms with E-state index >= 15 is 0 Å². The molecule has 2 rings (SSSR count). The van der Waals surface area contributed by atoms with Gasteiger partial charge in [-0.05, 0) is 34.6 Å². The molecule has 1 aliphatic rings. The van der Waals surface area contributed by atoms with Crippen LogP contribution in [0.15, 0.2) is 4.90 Å². The molecule has 0 saturated carbocycles. The fraction of sp³-hybridized carbons (Fsp3) is 0.733. The number of amides is 1. The van der Waals surface area contributed by atoms with Crippen molar-refractivity contribution in [2.75, 3.05) is 13.1 Å². The lowest BCUT2D eigenvalue weighted by atomic mass is 10.1. The highest BCUT2D eigenvalue weighted by atomic mass is 32.2. The first kappa shape index (κ1) is 18.9. The smallest absolute Gasteiger partial charge is 0.244 e.